The monoisotopic (exact) mass is 276 g/mol. The normalized spacial score (nSPS) is 19.5. The minimum absolute atomic E-state index is 0.0114. The van der Waals surface area contributed by atoms with Gasteiger partial charge >= 0.3 is 0 Å². The maximum Gasteiger partial charge on any atom is 0.274 e. The largest absolute Gasteiger partial charge is 0.369 e. The van der Waals surface area contributed by atoms with Crippen LogP contribution in [0, 0.1) is 5.92 Å². The Hall–Kier alpha value is -1.65. The van der Waals surface area contributed by atoms with Crippen LogP contribution in [-0.4, -0.2) is 40.6 Å². The van der Waals surface area contributed by atoms with Gasteiger partial charge in [-0.1, -0.05) is 13.3 Å². The van der Waals surface area contributed by atoms with Crippen LogP contribution in [0.15, 0.2) is 12.1 Å². The Labute approximate surface area is 120 Å². The molecule has 0 radical (unpaired) electrons. The van der Waals surface area contributed by atoms with E-state index in [4.69, 9.17) is 0 Å². The first kappa shape index (κ1) is 14.8. The van der Waals surface area contributed by atoms with E-state index in [1.807, 2.05) is 17.9 Å². The Morgan fingerprint density at radius 1 is 1.30 bits per heavy atom. The molecule has 1 aromatic rings. The van der Waals surface area contributed by atoms with Crippen LogP contribution in [0.2, 0.25) is 0 Å². The third-order valence-electron chi connectivity index (χ3n) is 3.95. The lowest BCUT2D eigenvalue weighted by molar-refractivity contribution is 0.0753. The molecule has 0 spiro atoms. The summed E-state index contributed by atoms with van der Waals surface area (Å²) in [5, 5.41) is 11.1. The van der Waals surface area contributed by atoms with Gasteiger partial charge in [-0.2, -0.15) is 0 Å². The van der Waals surface area contributed by atoms with Gasteiger partial charge < -0.3 is 10.2 Å². The van der Waals surface area contributed by atoms with E-state index in [1.165, 1.54) is 12.8 Å². The zero-order valence-corrected chi connectivity index (χ0v) is 12.4. The average Bonchev–Trinajstić information content (AvgIpc) is 2.73. The molecule has 110 valence electrons. The van der Waals surface area contributed by atoms with Gasteiger partial charge in [-0.05, 0) is 44.2 Å². The molecule has 2 rings (SSSR count). The summed E-state index contributed by atoms with van der Waals surface area (Å²) in [5.41, 5.74) is 0.446. The van der Waals surface area contributed by atoms with E-state index < -0.39 is 0 Å². The second-order valence-electron chi connectivity index (χ2n) is 5.33. The van der Waals surface area contributed by atoms with Crippen molar-refractivity contribution in [3.63, 3.8) is 0 Å². The predicted molar refractivity (Wildman–Crippen MR) is 79.7 cm³/mol. The van der Waals surface area contributed by atoms with Gasteiger partial charge in [0.15, 0.2) is 5.69 Å². The molecule has 1 aromatic heterocycles. The van der Waals surface area contributed by atoms with E-state index in [0.717, 1.165) is 38.4 Å². The van der Waals surface area contributed by atoms with Crippen molar-refractivity contribution in [2.45, 2.75) is 39.5 Å². The van der Waals surface area contributed by atoms with Crippen molar-refractivity contribution in [1.82, 2.24) is 15.1 Å². The van der Waals surface area contributed by atoms with Gasteiger partial charge in [-0.25, -0.2) is 0 Å². The Bertz CT molecular complexity index is 432. The fourth-order valence-electron chi connectivity index (χ4n) is 2.66. The number of anilines is 1. The van der Waals surface area contributed by atoms with Crippen molar-refractivity contribution in [2.24, 2.45) is 5.92 Å². The number of aromatic nitrogens is 2. The molecule has 2 heterocycles. The minimum Gasteiger partial charge on any atom is -0.369 e. The molecule has 1 fully saturated rings. The Morgan fingerprint density at radius 2 is 2.15 bits per heavy atom. The van der Waals surface area contributed by atoms with Crippen molar-refractivity contribution >= 4 is 11.7 Å². The van der Waals surface area contributed by atoms with Gasteiger partial charge in [0, 0.05) is 19.6 Å². The molecule has 0 bridgehead atoms. The summed E-state index contributed by atoms with van der Waals surface area (Å²) < 4.78 is 0. The van der Waals surface area contributed by atoms with Crippen LogP contribution in [0.25, 0.3) is 0 Å². The third kappa shape index (κ3) is 3.68. The van der Waals surface area contributed by atoms with Gasteiger partial charge in [-0.3, -0.25) is 4.79 Å². The van der Waals surface area contributed by atoms with Gasteiger partial charge in [-0.15, -0.1) is 10.2 Å². The van der Waals surface area contributed by atoms with Crippen LogP contribution in [0.3, 0.4) is 0 Å². The van der Waals surface area contributed by atoms with Crippen molar-refractivity contribution < 1.29 is 4.79 Å². The predicted octanol–water partition coefficient (Wildman–Crippen LogP) is 2.56. The zero-order chi connectivity index (χ0) is 14.4. The van der Waals surface area contributed by atoms with Crippen LogP contribution in [0.4, 0.5) is 5.82 Å². The SMILES string of the molecule is CCNc1ccc(C(=O)N2CCCC(CC)CC2)nn1. The van der Waals surface area contributed by atoms with Crippen molar-refractivity contribution in [3.05, 3.63) is 17.8 Å². The van der Waals surface area contributed by atoms with Crippen LogP contribution >= 0.6 is 0 Å². The van der Waals surface area contributed by atoms with E-state index in [1.54, 1.807) is 6.07 Å². The van der Waals surface area contributed by atoms with Crippen LogP contribution in [-0.2, 0) is 0 Å². The highest BCUT2D eigenvalue weighted by atomic mass is 16.2. The molecule has 0 aliphatic carbocycles. The second kappa shape index (κ2) is 7.22. The van der Waals surface area contributed by atoms with E-state index in [2.05, 4.69) is 22.4 Å². The first-order chi connectivity index (χ1) is 9.74. The molecule has 20 heavy (non-hydrogen) atoms. The number of hydrogen-bond acceptors (Lipinski definition) is 4. The fourth-order valence-corrected chi connectivity index (χ4v) is 2.66. The standard InChI is InChI=1S/C15H24N4O/c1-3-12-6-5-10-19(11-9-12)15(20)13-7-8-14(16-4-2)18-17-13/h7-8,12H,3-6,9-11H2,1-2H3,(H,16,18). The lowest BCUT2D eigenvalue weighted by atomic mass is 9.98. The molecule has 1 N–H and O–H groups in total. The molecule has 1 saturated heterocycles. The first-order valence-corrected chi connectivity index (χ1v) is 7.61. The fraction of sp³-hybridized carbons (Fsp3) is 0.667. The molecule has 1 atom stereocenters. The molecule has 1 unspecified atom stereocenters. The van der Waals surface area contributed by atoms with Crippen LogP contribution in [0.1, 0.15) is 50.0 Å². The third-order valence-corrected chi connectivity index (χ3v) is 3.95. The van der Waals surface area contributed by atoms with Crippen molar-refractivity contribution in [3.8, 4) is 0 Å². The van der Waals surface area contributed by atoms with Gasteiger partial charge in [0.05, 0.1) is 0 Å². The summed E-state index contributed by atoms with van der Waals surface area (Å²) in [6, 6.07) is 3.58. The number of likely N-dealkylation sites (tertiary alicyclic amines) is 1. The second-order valence-corrected chi connectivity index (χ2v) is 5.33. The van der Waals surface area contributed by atoms with Gasteiger partial charge in [0.25, 0.3) is 5.91 Å². The number of amides is 1. The number of nitrogens with zero attached hydrogens (tertiary/aromatic N) is 3. The topological polar surface area (TPSA) is 58.1 Å². The lowest BCUT2D eigenvalue weighted by Gasteiger charge is -2.19. The highest BCUT2D eigenvalue weighted by Gasteiger charge is 2.21. The maximum absolute atomic E-state index is 12.4. The molecular weight excluding hydrogens is 252 g/mol. The molecule has 5 nitrogen and oxygen atoms in total. The van der Waals surface area contributed by atoms with Crippen molar-refractivity contribution in [1.29, 1.82) is 0 Å². The molecule has 1 aliphatic rings. The molecular formula is C15H24N4O. The minimum atomic E-state index is 0.0114. The number of rotatable bonds is 4. The van der Waals surface area contributed by atoms with Gasteiger partial charge in [0.1, 0.15) is 5.82 Å². The lowest BCUT2D eigenvalue weighted by Crippen LogP contribution is -2.32. The summed E-state index contributed by atoms with van der Waals surface area (Å²) in [7, 11) is 0. The summed E-state index contributed by atoms with van der Waals surface area (Å²) in [5.74, 6) is 1.48. The number of carbonyl (C=O) groups is 1. The zero-order valence-electron chi connectivity index (χ0n) is 12.4. The maximum atomic E-state index is 12.4. The Balaban J connectivity index is 1.99. The van der Waals surface area contributed by atoms with Crippen LogP contribution < -0.4 is 5.32 Å². The van der Waals surface area contributed by atoms with E-state index in [9.17, 15) is 4.79 Å². The Morgan fingerprint density at radius 3 is 2.80 bits per heavy atom. The summed E-state index contributed by atoms with van der Waals surface area (Å²) in [6.07, 6.45) is 4.63. The molecule has 0 aromatic carbocycles. The number of hydrogen-bond donors (Lipinski definition) is 1. The van der Waals surface area contributed by atoms with E-state index in [0.29, 0.717) is 11.5 Å². The van der Waals surface area contributed by atoms with E-state index in [-0.39, 0.29) is 5.91 Å². The molecule has 0 saturated carbocycles. The molecule has 5 heteroatoms. The smallest absolute Gasteiger partial charge is 0.274 e. The van der Waals surface area contributed by atoms with E-state index >= 15 is 0 Å². The summed E-state index contributed by atoms with van der Waals surface area (Å²) in [4.78, 5) is 14.3. The van der Waals surface area contributed by atoms with Crippen LogP contribution in [0.5, 0.6) is 0 Å². The molecule has 1 amide bonds. The highest BCUT2D eigenvalue weighted by Crippen LogP contribution is 2.21. The average molecular weight is 276 g/mol. The summed E-state index contributed by atoms with van der Waals surface area (Å²) >= 11 is 0. The first-order valence-electron chi connectivity index (χ1n) is 7.61. The van der Waals surface area contributed by atoms with Gasteiger partial charge in [0.2, 0.25) is 0 Å². The highest BCUT2D eigenvalue weighted by molar-refractivity contribution is 5.92. The number of nitrogens with one attached hydrogen (secondary N) is 1. The number of carbonyl (C=O) groups excluding carboxylic acids is 1. The Kier molecular flexibility index (Phi) is 5.32. The molecule has 1 aliphatic heterocycles. The quantitative estimate of drug-likeness (QED) is 0.918. The van der Waals surface area contributed by atoms with Crippen molar-refractivity contribution in [2.75, 3.05) is 25.0 Å². The summed E-state index contributed by atoms with van der Waals surface area (Å²) in [6.45, 7) is 6.71.